The van der Waals surface area contributed by atoms with Gasteiger partial charge in [0.2, 0.25) is 5.13 Å². The van der Waals surface area contributed by atoms with Gasteiger partial charge in [-0.05, 0) is 62.8 Å². The summed E-state index contributed by atoms with van der Waals surface area (Å²) >= 11 is 1.35. The number of anilines is 1. The summed E-state index contributed by atoms with van der Waals surface area (Å²) in [6.07, 6.45) is 4.06. The van der Waals surface area contributed by atoms with E-state index in [0.717, 1.165) is 29.2 Å². The van der Waals surface area contributed by atoms with Gasteiger partial charge >= 0.3 is 0 Å². The Bertz CT molecular complexity index is 982. The van der Waals surface area contributed by atoms with Crippen molar-refractivity contribution in [3.63, 3.8) is 0 Å². The normalized spacial score (nSPS) is 14.2. The number of ether oxygens (including phenoxy) is 1. The van der Waals surface area contributed by atoms with Crippen molar-refractivity contribution in [2.75, 3.05) is 5.32 Å². The zero-order valence-electron chi connectivity index (χ0n) is 16.1. The first-order valence-electron chi connectivity index (χ1n) is 9.58. The maximum absolute atomic E-state index is 12.5. The SMILES string of the molecule is Cc1ccc(-c2nnc(NC(=O)C(C)Oc3ccc4c(c3)CCCC4)s2)cc1. The van der Waals surface area contributed by atoms with Gasteiger partial charge in [0, 0.05) is 5.56 Å². The Labute approximate surface area is 168 Å². The summed E-state index contributed by atoms with van der Waals surface area (Å²) in [4.78, 5) is 12.5. The van der Waals surface area contributed by atoms with Gasteiger partial charge < -0.3 is 4.74 Å². The summed E-state index contributed by atoms with van der Waals surface area (Å²) in [6, 6.07) is 14.2. The van der Waals surface area contributed by atoms with Crippen LogP contribution >= 0.6 is 11.3 Å². The van der Waals surface area contributed by atoms with Crippen LogP contribution in [-0.2, 0) is 17.6 Å². The first-order valence-corrected chi connectivity index (χ1v) is 10.4. The maximum atomic E-state index is 12.5. The van der Waals surface area contributed by atoms with E-state index >= 15 is 0 Å². The van der Waals surface area contributed by atoms with Crippen molar-refractivity contribution in [1.29, 1.82) is 0 Å². The van der Waals surface area contributed by atoms with Gasteiger partial charge in [-0.15, -0.1) is 10.2 Å². The predicted molar refractivity (Wildman–Crippen MR) is 112 cm³/mol. The van der Waals surface area contributed by atoms with Crippen molar-refractivity contribution in [1.82, 2.24) is 10.2 Å². The Hall–Kier alpha value is -2.73. The van der Waals surface area contributed by atoms with Crippen molar-refractivity contribution in [3.8, 4) is 16.3 Å². The molecule has 144 valence electrons. The van der Waals surface area contributed by atoms with Crippen molar-refractivity contribution in [2.45, 2.75) is 45.6 Å². The molecular weight excluding hydrogens is 370 g/mol. The fourth-order valence-corrected chi connectivity index (χ4v) is 4.09. The van der Waals surface area contributed by atoms with E-state index in [-0.39, 0.29) is 5.91 Å². The largest absolute Gasteiger partial charge is 0.481 e. The van der Waals surface area contributed by atoms with E-state index < -0.39 is 6.10 Å². The van der Waals surface area contributed by atoms with Crippen LogP contribution in [0.5, 0.6) is 5.75 Å². The van der Waals surface area contributed by atoms with Crippen molar-refractivity contribution < 1.29 is 9.53 Å². The molecule has 0 spiro atoms. The van der Waals surface area contributed by atoms with Crippen LogP contribution in [0.15, 0.2) is 42.5 Å². The minimum atomic E-state index is -0.617. The molecule has 0 saturated carbocycles. The lowest BCUT2D eigenvalue weighted by atomic mass is 9.92. The van der Waals surface area contributed by atoms with E-state index in [1.165, 1.54) is 40.9 Å². The maximum Gasteiger partial charge on any atom is 0.266 e. The molecule has 28 heavy (non-hydrogen) atoms. The van der Waals surface area contributed by atoms with E-state index in [9.17, 15) is 4.79 Å². The van der Waals surface area contributed by atoms with E-state index in [1.807, 2.05) is 37.3 Å². The number of rotatable bonds is 5. The number of carbonyl (C=O) groups excluding carboxylic acids is 1. The van der Waals surface area contributed by atoms with Crippen molar-refractivity contribution in [2.24, 2.45) is 0 Å². The molecule has 1 atom stereocenters. The molecule has 0 bridgehead atoms. The molecule has 6 heteroatoms. The molecular formula is C22H23N3O2S. The number of nitrogens with zero attached hydrogens (tertiary/aromatic N) is 2. The third kappa shape index (κ3) is 4.22. The Morgan fingerprint density at radius 2 is 1.82 bits per heavy atom. The lowest BCUT2D eigenvalue weighted by Gasteiger charge is -2.18. The molecule has 0 fully saturated rings. The fraction of sp³-hybridized carbons (Fsp3) is 0.318. The molecule has 1 heterocycles. The Morgan fingerprint density at radius 3 is 2.61 bits per heavy atom. The van der Waals surface area contributed by atoms with Gasteiger partial charge in [0.05, 0.1) is 0 Å². The van der Waals surface area contributed by atoms with E-state index in [1.54, 1.807) is 6.92 Å². The summed E-state index contributed by atoms with van der Waals surface area (Å²) in [5.41, 5.74) is 4.91. The summed E-state index contributed by atoms with van der Waals surface area (Å²) in [7, 11) is 0. The number of aromatic nitrogens is 2. The molecule has 0 saturated heterocycles. The van der Waals surface area contributed by atoms with E-state index in [4.69, 9.17) is 4.74 Å². The van der Waals surface area contributed by atoms with Crippen LogP contribution < -0.4 is 10.1 Å². The monoisotopic (exact) mass is 393 g/mol. The van der Waals surface area contributed by atoms with Gasteiger partial charge in [-0.25, -0.2) is 0 Å². The Morgan fingerprint density at radius 1 is 1.07 bits per heavy atom. The molecule has 1 aliphatic rings. The van der Waals surface area contributed by atoms with Gasteiger partial charge in [0.25, 0.3) is 5.91 Å². The van der Waals surface area contributed by atoms with Crippen LogP contribution in [0.2, 0.25) is 0 Å². The molecule has 4 rings (SSSR count). The highest BCUT2D eigenvalue weighted by Crippen LogP contribution is 2.28. The molecule has 1 aromatic heterocycles. The number of nitrogens with one attached hydrogen (secondary N) is 1. The number of hydrogen-bond acceptors (Lipinski definition) is 5. The number of carbonyl (C=O) groups is 1. The lowest BCUT2D eigenvalue weighted by molar-refractivity contribution is -0.122. The molecule has 1 N–H and O–H groups in total. The summed E-state index contributed by atoms with van der Waals surface area (Å²) in [6.45, 7) is 3.79. The first-order chi connectivity index (χ1) is 13.6. The van der Waals surface area contributed by atoms with Gasteiger partial charge in [-0.3, -0.25) is 10.1 Å². The van der Waals surface area contributed by atoms with Crippen LogP contribution in [-0.4, -0.2) is 22.2 Å². The Balaban J connectivity index is 1.39. The average molecular weight is 394 g/mol. The summed E-state index contributed by atoms with van der Waals surface area (Å²) < 4.78 is 5.86. The van der Waals surface area contributed by atoms with E-state index in [0.29, 0.717) is 5.13 Å². The average Bonchev–Trinajstić information content (AvgIpc) is 3.17. The highest BCUT2D eigenvalue weighted by Gasteiger charge is 2.18. The number of amides is 1. The standard InChI is InChI=1S/C22H23N3O2S/c1-14-7-9-17(10-8-14)21-24-25-22(28-21)23-20(26)15(2)27-19-12-11-16-5-3-4-6-18(16)13-19/h7-13,15H,3-6H2,1-2H3,(H,23,25,26). The molecule has 1 unspecified atom stereocenters. The third-order valence-corrected chi connectivity index (χ3v) is 5.84. The van der Waals surface area contributed by atoms with Gasteiger partial charge in [0.1, 0.15) is 10.8 Å². The molecule has 0 radical (unpaired) electrons. The van der Waals surface area contributed by atoms with E-state index in [2.05, 4.69) is 27.6 Å². The third-order valence-electron chi connectivity index (χ3n) is 4.96. The van der Waals surface area contributed by atoms with Gasteiger partial charge in [-0.1, -0.05) is 47.2 Å². The second-order valence-corrected chi connectivity index (χ2v) is 8.14. The predicted octanol–water partition coefficient (Wildman–Crippen LogP) is 4.80. The first kappa shape index (κ1) is 18.6. The zero-order valence-corrected chi connectivity index (χ0v) is 16.9. The van der Waals surface area contributed by atoms with Gasteiger partial charge in [-0.2, -0.15) is 0 Å². The zero-order chi connectivity index (χ0) is 19.5. The van der Waals surface area contributed by atoms with Crippen molar-refractivity contribution >= 4 is 22.4 Å². The molecule has 5 nitrogen and oxygen atoms in total. The topological polar surface area (TPSA) is 64.1 Å². The van der Waals surface area contributed by atoms with Crippen LogP contribution in [0.1, 0.15) is 36.5 Å². The molecule has 1 amide bonds. The number of hydrogen-bond donors (Lipinski definition) is 1. The summed E-state index contributed by atoms with van der Waals surface area (Å²) in [5.74, 6) is 0.505. The minimum absolute atomic E-state index is 0.232. The number of fused-ring (bicyclic) bond motifs is 1. The molecule has 2 aromatic carbocycles. The van der Waals surface area contributed by atoms with Crippen LogP contribution in [0.3, 0.4) is 0 Å². The van der Waals surface area contributed by atoms with Crippen LogP contribution in [0.25, 0.3) is 10.6 Å². The Kier molecular flexibility index (Phi) is 5.39. The quantitative estimate of drug-likeness (QED) is 0.676. The second-order valence-electron chi connectivity index (χ2n) is 7.17. The number of aryl methyl sites for hydroxylation is 3. The fourth-order valence-electron chi connectivity index (χ4n) is 3.33. The van der Waals surface area contributed by atoms with Crippen LogP contribution in [0.4, 0.5) is 5.13 Å². The highest BCUT2D eigenvalue weighted by molar-refractivity contribution is 7.18. The number of benzene rings is 2. The molecule has 1 aliphatic carbocycles. The smallest absolute Gasteiger partial charge is 0.266 e. The molecule has 3 aromatic rings. The molecule has 0 aliphatic heterocycles. The van der Waals surface area contributed by atoms with Gasteiger partial charge in [0.15, 0.2) is 6.10 Å². The minimum Gasteiger partial charge on any atom is -0.481 e. The van der Waals surface area contributed by atoms with Crippen molar-refractivity contribution in [3.05, 3.63) is 59.2 Å². The summed E-state index contributed by atoms with van der Waals surface area (Å²) in [5, 5.41) is 12.3. The second kappa shape index (κ2) is 8.10. The van der Waals surface area contributed by atoms with Crippen LogP contribution in [0, 0.1) is 6.92 Å². The lowest BCUT2D eigenvalue weighted by Crippen LogP contribution is -2.30. The highest BCUT2D eigenvalue weighted by atomic mass is 32.1.